The third kappa shape index (κ3) is 2.35. The summed E-state index contributed by atoms with van der Waals surface area (Å²) in [7, 11) is 4.10. The number of hydrogen-bond acceptors (Lipinski definition) is 6. The van der Waals surface area contributed by atoms with Gasteiger partial charge in [-0.15, -0.1) is 0 Å². The second-order valence-electron chi connectivity index (χ2n) is 4.32. The van der Waals surface area contributed by atoms with Gasteiger partial charge in [-0.25, -0.2) is 9.59 Å². The maximum absolute atomic E-state index is 11.7. The van der Waals surface area contributed by atoms with E-state index in [1.165, 1.54) is 21.3 Å². The topological polar surface area (TPSA) is 71.1 Å². The molecule has 0 saturated heterocycles. The van der Waals surface area contributed by atoms with Crippen molar-refractivity contribution in [3.63, 3.8) is 0 Å². The number of ether oxygens (including phenoxy) is 4. The Kier molecular flexibility index (Phi) is 3.90. The Morgan fingerprint density at radius 3 is 2.47 bits per heavy atom. The van der Waals surface area contributed by atoms with Crippen molar-refractivity contribution < 1.29 is 28.5 Å². The Balaban J connectivity index is 2.30. The minimum atomic E-state index is -0.586. The smallest absolute Gasteiger partial charge is 0.373 e. The molecule has 0 radical (unpaired) electrons. The standard InChI is InChI=1S/C13H16O6/c1-16-11(14)7-4-5-8-9(7)6-10(12(15)17-2)19-13(8)18-3/h4,6,8-9,13H,5H2,1-3H3/t8-,9+,13?/m0/s1. The summed E-state index contributed by atoms with van der Waals surface area (Å²) in [6, 6.07) is 0. The van der Waals surface area contributed by atoms with Crippen LogP contribution in [-0.4, -0.2) is 39.6 Å². The molecular weight excluding hydrogens is 252 g/mol. The molecule has 0 bridgehead atoms. The fraction of sp³-hybridized carbons (Fsp3) is 0.538. The zero-order valence-corrected chi connectivity index (χ0v) is 11.0. The summed E-state index contributed by atoms with van der Waals surface area (Å²) in [6.45, 7) is 0. The average molecular weight is 268 g/mol. The molecule has 0 fully saturated rings. The quantitative estimate of drug-likeness (QED) is 0.704. The summed E-state index contributed by atoms with van der Waals surface area (Å²) < 4.78 is 20.0. The van der Waals surface area contributed by atoms with Gasteiger partial charge in [0, 0.05) is 24.5 Å². The molecular formula is C13H16O6. The monoisotopic (exact) mass is 268 g/mol. The van der Waals surface area contributed by atoms with Crippen LogP contribution in [0.3, 0.4) is 0 Å². The summed E-state index contributed by atoms with van der Waals surface area (Å²) in [5.41, 5.74) is 0.527. The number of carbonyl (C=O) groups is 2. The van der Waals surface area contributed by atoms with Crippen molar-refractivity contribution in [3.05, 3.63) is 23.5 Å². The summed E-state index contributed by atoms with van der Waals surface area (Å²) in [6.07, 6.45) is 3.45. The van der Waals surface area contributed by atoms with Gasteiger partial charge >= 0.3 is 11.9 Å². The second-order valence-corrected chi connectivity index (χ2v) is 4.32. The summed E-state index contributed by atoms with van der Waals surface area (Å²) in [4.78, 5) is 23.2. The number of hydrogen-bond donors (Lipinski definition) is 0. The maximum atomic E-state index is 11.7. The van der Waals surface area contributed by atoms with Crippen LogP contribution in [0.4, 0.5) is 0 Å². The van der Waals surface area contributed by atoms with Crippen molar-refractivity contribution in [1.29, 1.82) is 0 Å². The van der Waals surface area contributed by atoms with Crippen molar-refractivity contribution in [1.82, 2.24) is 0 Å². The minimum absolute atomic E-state index is 0.0347. The van der Waals surface area contributed by atoms with E-state index in [4.69, 9.17) is 14.2 Å². The van der Waals surface area contributed by atoms with E-state index in [0.29, 0.717) is 12.0 Å². The predicted octanol–water partition coefficient (Wildman–Crippen LogP) is 0.781. The lowest BCUT2D eigenvalue weighted by molar-refractivity contribution is -0.166. The molecule has 0 spiro atoms. The van der Waals surface area contributed by atoms with Crippen LogP contribution < -0.4 is 0 Å². The lowest BCUT2D eigenvalue weighted by atomic mass is 9.88. The van der Waals surface area contributed by atoms with Crippen LogP contribution in [-0.2, 0) is 28.5 Å². The lowest BCUT2D eigenvalue weighted by Gasteiger charge is -2.32. The van der Waals surface area contributed by atoms with Gasteiger partial charge in [0.05, 0.1) is 14.2 Å². The van der Waals surface area contributed by atoms with Crippen LogP contribution in [0.1, 0.15) is 6.42 Å². The van der Waals surface area contributed by atoms with Crippen LogP contribution in [0, 0.1) is 11.8 Å². The molecule has 3 atom stereocenters. The first-order valence-electron chi connectivity index (χ1n) is 5.90. The highest BCUT2D eigenvalue weighted by atomic mass is 16.7. The molecule has 104 valence electrons. The highest BCUT2D eigenvalue weighted by Gasteiger charge is 2.43. The second kappa shape index (κ2) is 5.44. The largest absolute Gasteiger partial charge is 0.466 e. The van der Waals surface area contributed by atoms with Gasteiger partial charge in [-0.05, 0) is 12.5 Å². The van der Waals surface area contributed by atoms with E-state index >= 15 is 0 Å². The van der Waals surface area contributed by atoms with Gasteiger partial charge in [0.1, 0.15) is 0 Å². The van der Waals surface area contributed by atoms with E-state index in [1.54, 1.807) is 12.2 Å². The van der Waals surface area contributed by atoms with E-state index in [9.17, 15) is 9.59 Å². The Labute approximate surface area is 111 Å². The van der Waals surface area contributed by atoms with E-state index in [0.717, 1.165) is 0 Å². The fourth-order valence-electron chi connectivity index (χ4n) is 2.46. The van der Waals surface area contributed by atoms with Gasteiger partial charge in [0.2, 0.25) is 12.0 Å². The maximum Gasteiger partial charge on any atom is 0.373 e. The van der Waals surface area contributed by atoms with E-state index in [1.807, 2.05) is 0 Å². The lowest BCUT2D eigenvalue weighted by Crippen LogP contribution is -2.36. The molecule has 0 saturated carbocycles. The molecule has 1 aliphatic carbocycles. The van der Waals surface area contributed by atoms with Gasteiger partial charge in [0.25, 0.3) is 0 Å². The van der Waals surface area contributed by atoms with Crippen LogP contribution in [0.15, 0.2) is 23.5 Å². The molecule has 2 rings (SSSR count). The summed E-state index contributed by atoms with van der Waals surface area (Å²) in [5, 5.41) is 0. The molecule has 0 amide bonds. The highest BCUT2D eigenvalue weighted by molar-refractivity contribution is 5.91. The Bertz CT molecular complexity index is 450. The van der Waals surface area contributed by atoms with E-state index in [-0.39, 0.29) is 17.6 Å². The van der Waals surface area contributed by atoms with Gasteiger partial charge in [-0.1, -0.05) is 6.08 Å². The summed E-state index contributed by atoms with van der Waals surface area (Å²) >= 11 is 0. The first-order chi connectivity index (χ1) is 9.12. The number of allylic oxidation sites excluding steroid dienone is 2. The number of esters is 2. The van der Waals surface area contributed by atoms with Crippen molar-refractivity contribution in [2.75, 3.05) is 21.3 Å². The molecule has 6 nitrogen and oxygen atoms in total. The van der Waals surface area contributed by atoms with E-state index in [2.05, 4.69) is 4.74 Å². The van der Waals surface area contributed by atoms with Crippen LogP contribution in [0.25, 0.3) is 0 Å². The SMILES string of the molecule is COC(=O)C1=C[C@@H]2C(C(=O)OC)=CC[C@@H]2C(OC)O1. The predicted molar refractivity (Wildman–Crippen MR) is 63.7 cm³/mol. The molecule has 2 aliphatic rings. The molecule has 0 aromatic carbocycles. The Morgan fingerprint density at radius 1 is 1.21 bits per heavy atom. The Morgan fingerprint density at radius 2 is 1.89 bits per heavy atom. The molecule has 19 heavy (non-hydrogen) atoms. The van der Waals surface area contributed by atoms with Crippen LogP contribution >= 0.6 is 0 Å². The fourth-order valence-corrected chi connectivity index (χ4v) is 2.46. The first kappa shape index (κ1) is 13.6. The van der Waals surface area contributed by atoms with E-state index < -0.39 is 18.2 Å². The van der Waals surface area contributed by atoms with Gasteiger partial charge < -0.3 is 18.9 Å². The number of carbonyl (C=O) groups excluding carboxylic acids is 2. The zero-order valence-electron chi connectivity index (χ0n) is 11.0. The molecule has 1 aliphatic heterocycles. The van der Waals surface area contributed by atoms with Crippen molar-refractivity contribution in [2.45, 2.75) is 12.7 Å². The van der Waals surface area contributed by atoms with Crippen molar-refractivity contribution in [2.24, 2.45) is 11.8 Å². The van der Waals surface area contributed by atoms with Gasteiger partial charge in [-0.3, -0.25) is 0 Å². The van der Waals surface area contributed by atoms with Crippen LogP contribution in [0.2, 0.25) is 0 Å². The molecule has 0 aromatic rings. The number of methoxy groups -OCH3 is 3. The van der Waals surface area contributed by atoms with Gasteiger partial charge in [0.15, 0.2) is 0 Å². The number of fused-ring (bicyclic) bond motifs is 1. The molecule has 0 aromatic heterocycles. The third-order valence-electron chi connectivity index (χ3n) is 3.39. The molecule has 0 N–H and O–H groups in total. The summed E-state index contributed by atoms with van der Waals surface area (Å²) in [5.74, 6) is -1.21. The highest BCUT2D eigenvalue weighted by Crippen LogP contribution is 2.41. The van der Waals surface area contributed by atoms with Crippen molar-refractivity contribution in [3.8, 4) is 0 Å². The average Bonchev–Trinajstić information content (AvgIpc) is 2.88. The molecule has 1 heterocycles. The first-order valence-corrected chi connectivity index (χ1v) is 5.90. The normalized spacial score (nSPS) is 28.7. The molecule has 6 heteroatoms. The Hall–Kier alpha value is -1.82. The van der Waals surface area contributed by atoms with Gasteiger partial charge in [-0.2, -0.15) is 0 Å². The van der Waals surface area contributed by atoms with Crippen molar-refractivity contribution >= 4 is 11.9 Å². The van der Waals surface area contributed by atoms with Crippen LogP contribution in [0.5, 0.6) is 0 Å². The zero-order chi connectivity index (χ0) is 14.0. The minimum Gasteiger partial charge on any atom is -0.466 e. The molecule has 1 unspecified atom stereocenters. The third-order valence-corrected chi connectivity index (χ3v) is 3.39. The number of rotatable bonds is 3.